The van der Waals surface area contributed by atoms with Crippen LogP contribution in [0, 0.1) is 0 Å². The second-order valence-electron chi connectivity index (χ2n) is 10.9. The van der Waals surface area contributed by atoms with Gasteiger partial charge in [-0.1, -0.05) is 70.4 Å². The molecule has 0 heterocycles. The fraction of sp³-hybridized carbons (Fsp3) is 0.846. The van der Waals surface area contributed by atoms with Crippen LogP contribution in [0.1, 0.15) is 106 Å². The lowest BCUT2D eigenvalue weighted by Crippen LogP contribution is -2.52. The van der Waals surface area contributed by atoms with Crippen LogP contribution >= 0.6 is 31.9 Å². The number of alkyl halides is 2. The molecule has 0 aromatic carbocycles. The lowest BCUT2D eigenvalue weighted by Gasteiger charge is -2.32. The van der Waals surface area contributed by atoms with Crippen molar-refractivity contribution in [1.29, 1.82) is 0 Å². The zero-order valence-electron chi connectivity index (χ0n) is 23.5. The average molecular weight is 657 g/mol. The van der Waals surface area contributed by atoms with Crippen molar-refractivity contribution in [2.24, 2.45) is 4.99 Å². The lowest BCUT2D eigenvalue weighted by atomic mass is 10.1. The summed E-state index contributed by atoms with van der Waals surface area (Å²) in [5, 5.41) is 11.9. The molecule has 216 valence electrons. The van der Waals surface area contributed by atoms with E-state index in [2.05, 4.69) is 36.9 Å². The number of carbonyl (C=O) groups is 3. The number of guanidine groups is 1. The van der Waals surface area contributed by atoms with Gasteiger partial charge in [0.2, 0.25) is 5.96 Å². The average Bonchev–Trinajstić information content (AvgIpc) is 2.74. The minimum Gasteiger partial charge on any atom is -0.465 e. The van der Waals surface area contributed by atoms with E-state index in [9.17, 15) is 19.5 Å². The number of nitrogens with zero attached hydrogens (tertiary/aromatic N) is 3. The van der Waals surface area contributed by atoms with Gasteiger partial charge in [-0.2, -0.15) is 0 Å². The van der Waals surface area contributed by atoms with Crippen LogP contribution < -0.4 is 0 Å². The molecule has 0 saturated heterocycles. The third kappa shape index (κ3) is 18.5. The van der Waals surface area contributed by atoms with Crippen molar-refractivity contribution in [2.45, 2.75) is 117 Å². The summed E-state index contributed by atoms with van der Waals surface area (Å²) in [6, 6.07) is 0. The van der Waals surface area contributed by atoms with Crippen LogP contribution in [0.15, 0.2) is 4.99 Å². The van der Waals surface area contributed by atoms with Gasteiger partial charge in [-0.25, -0.2) is 24.2 Å². The Bertz CT molecular complexity index is 720. The van der Waals surface area contributed by atoms with Crippen molar-refractivity contribution in [2.75, 3.05) is 23.7 Å². The highest BCUT2D eigenvalue weighted by molar-refractivity contribution is 9.09. The van der Waals surface area contributed by atoms with Crippen molar-refractivity contribution in [3.8, 4) is 0 Å². The number of hydrogen-bond donors (Lipinski definition) is 1. The van der Waals surface area contributed by atoms with Gasteiger partial charge in [0.15, 0.2) is 0 Å². The molecule has 0 aliphatic heterocycles. The van der Waals surface area contributed by atoms with Crippen molar-refractivity contribution >= 4 is 56.1 Å². The van der Waals surface area contributed by atoms with E-state index in [-0.39, 0.29) is 19.0 Å². The van der Waals surface area contributed by atoms with Gasteiger partial charge in [0.05, 0.1) is 0 Å². The minimum absolute atomic E-state index is 0.0931. The van der Waals surface area contributed by atoms with Crippen LogP contribution in [0.3, 0.4) is 0 Å². The van der Waals surface area contributed by atoms with Gasteiger partial charge in [-0.3, -0.25) is 0 Å². The van der Waals surface area contributed by atoms with Crippen LogP contribution in [-0.2, 0) is 9.47 Å². The highest BCUT2D eigenvalue weighted by Crippen LogP contribution is 2.17. The molecule has 0 saturated carbocycles. The Morgan fingerprint density at radius 3 is 1.49 bits per heavy atom. The summed E-state index contributed by atoms with van der Waals surface area (Å²) in [5.41, 5.74) is -1.65. The van der Waals surface area contributed by atoms with E-state index in [1.54, 1.807) is 41.5 Å². The van der Waals surface area contributed by atoms with Gasteiger partial charge in [-0.15, -0.1) is 4.99 Å². The minimum atomic E-state index is -1.30. The molecule has 0 aromatic rings. The van der Waals surface area contributed by atoms with Gasteiger partial charge < -0.3 is 14.6 Å². The molecule has 0 radical (unpaired) electrons. The zero-order valence-corrected chi connectivity index (χ0v) is 26.7. The van der Waals surface area contributed by atoms with Crippen LogP contribution in [0.2, 0.25) is 0 Å². The molecule has 11 heteroatoms. The van der Waals surface area contributed by atoms with E-state index < -0.39 is 29.5 Å². The van der Waals surface area contributed by atoms with Crippen molar-refractivity contribution in [1.82, 2.24) is 9.80 Å². The summed E-state index contributed by atoms with van der Waals surface area (Å²) >= 11 is 6.84. The second-order valence-corrected chi connectivity index (χ2v) is 12.5. The predicted octanol–water partition coefficient (Wildman–Crippen LogP) is 8.19. The molecule has 0 spiro atoms. The summed E-state index contributed by atoms with van der Waals surface area (Å²) in [6.07, 6.45) is 5.95. The Labute approximate surface area is 240 Å². The fourth-order valence-electron chi connectivity index (χ4n) is 3.29. The molecule has 0 aliphatic carbocycles. The maximum atomic E-state index is 13.2. The SMILES string of the molecule is CC(C)(C)OC(=O)N=C(N(CCCCCCCBr)C(=O)O)N(CCCCCCCBr)C(=O)OC(C)(C)C. The number of halogens is 2. The third-order valence-electron chi connectivity index (χ3n) is 4.94. The Kier molecular flexibility index (Phi) is 18.1. The summed E-state index contributed by atoms with van der Waals surface area (Å²) in [7, 11) is 0. The highest BCUT2D eigenvalue weighted by atomic mass is 79.9. The van der Waals surface area contributed by atoms with Crippen LogP contribution in [-0.4, -0.2) is 74.1 Å². The van der Waals surface area contributed by atoms with Crippen molar-refractivity contribution < 1.29 is 29.0 Å². The summed E-state index contributed by atoms with van der Waals surface area (Å²) < 4.78 is 10.9. The van der Waals surface area contributed by atoms with Gasteiger partial charge in [-0.05, 0) is 67.2 Å². The smallest absolute Gasteiger partial charge is 0.437 e. The maximum Gasteiger partial charge on any atom is 0.437 e. The topological polar surface area (TPSA) is 109 Å². The molecule has 1 N–H and O–H groups in total. The molecule has 0 aromatic heterocycles. The molecule has 0 aliphatic rings. The predicted molar refractivity (Wildman–Crippen MR) is 155 cm³/mol. The Hall–Kier alpha value is -1.36. The van der Waals surface area contributed by atoms with E-state index in [0.717, 1.165) is 66.9 Å². The molecule has 0 atom stereocenters. The number of unbranched alkanes of at least 4 members (excludes halogenated alkanes) is 8. The Balaban J connectivity index is 6.04. The van der Waals surface area contributed by atoms with Crippen molar-refractivity contribution in [3.63, 3.8) is 0 Å². The normalized spacial score (nSPS) is 12.3. The standard InChI is InChI=1S/C26H47Br2N3O6/c1-25(2,3)36-22(32)29-21(30(23(33)34)19-15-11-7-9-13-17-27)31(24(35)37-26(4,5)6)20-16-12-8-10-14-18-28/h7-20H2,1-6H3,(H,33,34). The molecular formula is C26H47Br2N3O6. The van der Waals surface area contributed by atoms with E-state index in [4.69, 9.17) is 9.47 Å². The summed E-state index contributed by atoms with van der Waals surface area (Å²) in [4.78, 5) is 44.4. The first-order chi connectivity index (χ1) is 17.2. The van der Waals surface area contributed by atoms with E-state index in [0.29, 0.717) is 12.8 Å². The molecule has 3 amide bonds. The second kappa shape index (κ2) is 18.8. The maximum absolute atomic E-state index is 13.2. The van der Waals surface area contributed by atoms with Gasteiger partial charge in [0, 0.05) is 23.7 Å². The lowest BCUT2D eigenvalue weighted by molar-refractivity contribution is 0.0346. The van der Waals surface area contributed by atoms with Crippen LogP contribution in [0.5, 0.6) is 0 Å². The quantitative estimate of drug-likeness (QED) is 0.0874. The van der Waals surface area contributed by atoms with E-state index >= 15 is 0 Å². The number of hydrogen-bond acceptors (Lipinski definition) is 5. The van der Waals surface area contributed by atoms with Gasteiger partial charge in [0.1, 0.15) is 11.2 Å². The van der Waals surface area contributed by atoms with E-state index in [1.165, 1.54) is 4.90 Å². The van der Waals surface area contributed by atoms with Crippen LogP contribution in [0.4, 0.5) is 14.4 Å². The number of ether oxygens (including phenoxy) is 2. The zero-order chi connectivity index (χ0) is 28.5. The summed E-state index contributed by atoms with van der Waals surface area (Å²) in [5.74, 6) is -0.281. The number of amides is 3. The molecule has 0 fully saturated rings. The fourth-order valence-corrected chi connectivity index (χ4v) is 4.09. The molecular weight excluding hydrogens is 610 g/mol. The first-order valence-corrected chi connectivity index (χ1v) is 15.4. The number of aliphatic imine (C=N–C) groups is 1. The third-order valence-corrected chi connectivity index (χ3v) is 6.06. The number of carbonyl (C=O) groups excluding carboxylic acids is 2. The van der Waals surface area contributed by atoms with Gasteiger partial charge >= 0.3 is 18.3 Å². The number of carboxylic acid groups (broad SMARTS) is 1. The van der Waals surface area contributed by atoms with Crippen LogP contribution in [0.25, 0.3) is 0 Å². The Morgan fingerprint density at radius 2 is 1.08 bits per heavy atom. The molecule has 0 rings (SSSR count). The number of rotatable bonds is 14. The Morgan fingerprint density at radius 1 is 0.676 bits per heavy atom. The highest BCUT2D eigenvalue weighted by Gasteiger charge is 2.33. The molecule has 9 nitrogen and oxygen atoms in total. The van der Waals surface area contributed by atoms with Gasteiger partial charge in [0.25, 0.3) is 0 Å². The molecule has 0 bridgehead atoms. The largest absolute Gasteiger partial charge is 0.465 e. The summed E-state index contributed by atoms with van der Waals surface area (Å²) in [6.45, 7) is 10.5. The molecule has 37 heavy (non-hydrogen) atoms. The van der Waals surface area contributed by atoms with Crippen molar-refractivity contribution in [3.05, 3.63) is 0 Å². The first kappa shape index (κ1) is 35.6. The molecule has 0 unspecified atom stereocenters. The monoisotopic (exact) mass is 655 g/mol. The first-order valence-electron chi connectivity index (χ1n) is 13.2. The van der Waals surface area contributed by atoms with E-state index in [1.807, 2.05) is 0 Å².